The third-order valence-electron chi connectivity index (χ3n) is 4.10. The molecule has 1 amide bonds. The molecule has 26 heavy (non-hydrogen) atoms. The number of benzene rings is 1. The zero-order valence-corrected chi connectivity index (χ0v) is 14.4. The van der Waals surface area contributed by atoms with Crippen LogP contribution in [0.1, 0.15) is 28.2 Å². The van der Waals surface area contributed by atoms with Crippen molar-refractivity contribution in [3.05, 3.63) is 65.9 Å². The molecule has 0 spiro atoms. The number of hydrogen-bond donors (Lipinski definition) is 1. The third kappa shape index (κ3) is 3.37. The predicted octanol–water partition coefficient (Wildman–Crippen LogP) is 2.34. The van der Waals surface area contributed by atoms with Gasteiger partial charge in [0.2, 0.25) is 0 Å². The van der Waals surface area contributed by atoms with E-state index in [1.807, 2.05) is 49.6 Å². The first-order valence-corrected chi connectivity index (χ1v) is 8.50. The topological polar surface area (TPSA) is 85.1 Å². The maximum atomic E-state index is 12.2. The highest BCUT2D eigenvalue weighted by Gasteiger charge is 2.08. The molecule has 4 rings (SSSR count). The van der Waals surface area contributed by atoms with Gasteiger partial charge in [-0.05, 0) is 37.5 Å². The van der Waals surface area contributed by atoms with Gasteiger partial charge in [-0.15, -0.1) is 0 Å². The van der Waals surface area contributed by atoms with E-state index in [9.17, 15) is 4.79 Å². The van der Waals surface area contributed by atoms with E-state index in [-0.39, 0.29) is 5.91 Å². The minimum atomic E-state index is -0.209. The molecule has 3 aromatic heterocycles. The van der Waals surface area contributed by atoms with Crippen molar-refractivity contribution in [1.29, 1.82) is 0 Å². The minimum Gasteiger partial charge on any atom is -0.351 e. The van der Waals surface area contributed by atoms with Crippen LogP contribution in [0.25, 0.3) is 16.7 Å². The van der Waals surface area contributed by atoms with Gasteiger partial charge in [0.1, 0.15) is 5.69 Å². The van der Waals surface area contributed by atoms with E-state index >= 15 is 0 Å². The largest absolute Gasteiger partial charge is 0.351 e. The van der Waals surface area contributed by atoms with Crippen molar-refractivity contribution in [1.82, 2.24) is 29.9 Å². The molecule has 0 saturated carbocycles. The Kier molecular flexibility index (Phi) is 4.27. The van der Waals surface area contributed by atoms with Crippen LogP contribution in [0.5, 0.6) is 0 Å². The van der Waals surface area contributed by atoms with Crippen molar-refractivity contribution in [2.24, 2.45) is 0 Å². The average molecular weight is 346 g/mol. The fourth-order valence-corrected chi connectivity index (χ4v) is 2.81. The summed E-state index contributed by atoms with van der Waals surface area (Å²) in [5.41, 5.74) is 4.70. The molecule has 3 heterocycles. The summed E-state index contributed by atoms with van der Waals surface area (Å²) in [4.78, 5) is 25.2. The number of rotatable bonds is 5. The van der Waals surface area contributed by atoms with Gasteiger partial charge in [-0.3, -0.25) is 9.78 Å². The molecule has 0 aliphatic carbocycles. The second-order valence-electron chi connectivity index (χ2n) is 6.15. The first-order valence-electron chi connectivity index (χ1n) is 8.50. The van der Waals surface area contributed by atoms with Crippen molar-refractivity contribution >= 4 is 22.6 Å². The Morgan fingerprint density at radius 2 is 2.00 bits per heavy atom. The second kappa shape index (κ2) is 6.87. The lowest BCUT2D eigenvalue weighted by Crippen LogP contribution is -2.25. The number of nitrogens with one attached hydrogen (secondary N) is 1. The molecule has 0 fully saturated rings. The average Bonchev–Trinajstić information content (AvgIpc) is 3.04. The summed E-state index contributed by atoms with van der Waals surface area (Å²) in [5, 5.41) is 7.25. The molecule has 1 N–H and O–H groups in total. The molecule has 0 aliphatic heterocycles. The molecular weight excluding hydrogens is 328 g/mol. The van der Waals surface area contributed by atoms with Gasteiger partial charge in [0, 0.05) is 25.0 Å². The fourth-order valence-electron chi connectivity index (χ4n) is 2.81. The summed E-state index contributed by atoms with van der Waals surface area (Å²) in [6.45, 7) is 2.50. The highest BCUT2D eigenvalue weighted by molar-refractivity contribution is 5.93. The lowest BCUT2D eigenvalue weighted by Gasteiger charge is -2.06. The zero-order chi connectivity index (χ0) is 17.9. The van der Waals surface area contributed by atoms with Crippen LogP contribution in [0.4, 0.5) is 0 Å². The third-order valence-corrected chi connectivity index (χ3v) is 4.10. The van der Waals surface area contributed by atoms with Crippen LogP contribution in [-0.4, -0.2) is 37.0 Å². The summed E-state index contributed by atoms with van der Waals surface area (Å²) in [6.07, 6.45) is 6.96. The van der Waals surface area contributed by atoms with E-state index < -0.39 is 0 Å². The minimum absolute atomic E-state index is 0.209. The van der Waals surface area contributed by atoms with Crippen LogP contribution in [-0.2, 0) is 6.42 Å². The number of nitrogens with zero attached hydrogens (tertiary/aromatic N) is 5. The van der Waals surface area contributed by atoms with Crippen molar-refractivity contribution < 1.29 is 4.79 Å². The SMILES string of the molecule is Cc1cc2ncc(CCCNC(=O)c3cnc4ccccc4n3)cn2n1. The Morgan fingerprint density at radius 3 is 2.88 bits per heavy atom. The zero-order valence-electron chi connectivity index (χ0n) is 14.4. The van der Waals surface area contributed by atoms with Gasteiger partial charge in [0.15, 0.2) is 5.65 Å². The summed E-state index contributed by atoms with van der Waals surface area (Å²) in [5.74, 6) is -0.209. The lowest BCUT2D eigenvalue weighted by atomic mass is 10.2. The van der Waals surface area contributed by atoms with E-state index in [0.717, 1.165) is 35.3 Å². The number of carbonyl (C=O) groups excluding carboxylic acids is 1. The number of carbonyl (C=O) groups is 1. The Hall–Kier alpha value is -3.35. The number of fused-ring (bicyclic) bond motifs is 2. The Balaban J connectivity index is 1.33. The van der Waals surface area contributed by atoms with Crippen molar-refractivity contribution in [3.8, 4) is 0 Å². The van der Waals surface area contributed by atoms with Gasteiger partial charge in [0.25, 0.3) is 5.91 Å². The molecule has 130 valence electrons. The monoisotopic (exact) mass is 346 g/mol. The summed E-state index contributed by atoms with van der Waals surface area (Å²) in [6, 6.07) is 9.43. The molecule has 1 aromatic carbocycles. The van der Waals surface area contributed by atoms with Crippen LogP contribution in [0, 0.1) is 6.92 Å². The van der Waals surface area contributed by atoms with Gasteiger partial charge in [-0.25, -0.2) is 14.5 Å². The molecule has 0 bridgehead atoms. The number of para-hydroxylation sites is 2. The van der Waals surface area contributed by atoms with Crippen LogP contribution < -0.4 is 5.32 Å². The van der Waals surface area contributed by atoms with Gasteiger partial charge in [0.05, 0.1) is 22.9 Å². The summed E-state index contributed by atoms with van der Waals surface area (Å²) < 4.78 is 1.79. The van der Waals surface area contributed by atoms with E-state index in [4.69, 9.17) is 0 Å². The van der Waals surface area contributed by atoms with Gasteiger partial charge >= 0.3 is 0 Å². The summed E-state index contributed by atoms with van der Waals surface area (Å²) >= 11 is 0. The Morgan fingerprint density at radius 1 is 1.15 bits per heavy atom. The van der Waals surface area contributed by atoms with E-state index in [1.54, 1.807) is 4.52 Å². The molecule has 7 nitrogen and oxygen atoms in total. The van der Waals surface area contributed by atoms with E-state index in [1.165, 1.54) is 6.20 Å². The van der Waals surface area contributed by atoms with E-state index in [2.05, 4.69) is 25.4 Å². The Labute approximate surface area is 150 Å². The number of aryl methyl sites for hydroxylation is 2. The molecule has 7 heteroatoms. The van der Waals surface area contributed by atoms with Crippen LogP contribution in [0.3, 0.4) is 0 Å². The maximum Gasteiger partial charge on any atom is 0.271 e. The van der Waals surface area contributed by atoms with Crippen LogP contribution in [0.15, 0.2) is 48.9 Å². The lowest BCUT2D eigenvalue weighted by molar-refractivity contribution is 0.0948. The standard InChI is InChI=1S/C19H18N6O/c1-13-9-18-22-10-14(12-25(18)24-13)5-4-8-20-19(26)17-11-21-15-6-2-3-7-16(15)23-17/h2-3,6-7,9-12H,4-5,8H2,1H3,(H,20,26). The predicted molar refractivity (Wildman–Crippen MR) is 97.9 cm³/mol. The number of amides is 1. The molecular formula is C19H18N6O. The second-order valence-corrected chi connectivity index (χ2v) is 6.15. The first-order chi connectivity index (χ1) is 12.7. The van der Waals surface area contributed by atoms with Crippen molar-refractivity contribution in [3.63, 3.8) is 0 Å². The first kappa shape index (κ1) is 16.1. The summed E-state index contributed by atoms with van der Waals surface area (Å²) in [7, 11) is 0. The molecule has 0 aliphatic rings. The quantitative estimate of drug-likeness (QED) is 0.561. The normalized spacial score (nSPS) is 11.1. The molecule has 0 radical (unpaired) electrons. The molecule has 0 atom stereocenters. The number of hydrogen-bond acceptors (Lipinski definition) is 5. The number of aromatic nitrogens is 5. The highest BCUT2D eigenvalue weighted by Crippen LogP contribution is 2.09. The fraction of sp³-hybridized carbons (Fsp3) is 0.211. The van der Waals surface area contributed by atoms with E-state index in [0.29, 0.717) is 17.8 Å². The van der Waals surface area contributed by atoms with Crippen LogP contribution in [0.2, 0.25) is 0 Å². The molecule has 4 aromatic rings. The van der Waals surface area contributed by atoms with Gasteiger partial charge in [-0.2, -0.15) is 5.10 Å². The van der Waals surface area contributed by atoms with Crippen LogP contribution >= 0.6 is 0 Å². The molecule has 0 unspecified atom stereocenters. The molecule has 0 saturated heterocycles. The van der Waals surface area contributed by atoms with Gasteiger partial charge in [-0.1, -0.05) is 12.1 Å². The Bertz CT molecular complexity index is 1090. The van der Waals surface area contributed by atoms with Gasteiger partial charge < -0.3 is 5.32 Å². The maximum absolute atomic E-state index is 12.2. The van der Waals surface area contributed by atoms with Crippen molar-refractivity contribution in [2.45, 2.75) is 19.8 Å². The van der Waals surface area contributed by atoms with Crippen molar-refractivity contribution in [2.75, 3.05) is 6.54 Å². The highest BCUT2D eigenvalue weighted by atomic mass is 16.1. The smallest absolute Gasteiger partial charge is 0.271 e.